The van der Waals surface area contributed by atoms with Gasteiger partial charge in [-0.2, -0.15) is 0 Å². The minimum atomic E-state index is -0.907. The fourth-order valence-electron chi connectivity index (χ4n) is 2.69. The number of halogens is 1. The summed E-state index contributed by atoms with van der Waals surface area (Å²) in [4.78, 5) is 12.5. The number of hydrogen-bond acceptors (Lipinski definition) is 4. The van der Waals surface area contributed by atoms with Crippen LogP contribution in [-0.4, -0.2) is 12.1 Å². The van der Waals surface area contributed by atoms with Crippen LogP contribution in [0.5, 0.6) is 17.2 Å². The molecule has 3 rings (SSSR count). The van der Waals surface area contributed by atoms with E-state index in [1.54, 1.807) is 12.1 Å². The van der Waals surface area contributed by atoms with Crippen LogP contribution >= 0.6 is 0 Å². The third-order valence-corrected chi connectivity index (χ3v) is 4.19. The van der Waals surface area contributed by atoms with Gasteiger partial charge >= 0.3 is 5.97 Å². The van der Waals surface area contributed by atoms with Crippen molar-refractivity contribution in [1.29, 1.82) is 0 Å². The number of carbonyl (C=O) groups is 1. The Balaban J connectivity index is 1.62. The van der Waals surface area contributed by atoms with Crippen molar-refractivity contribution in [3.05, 3.63) is 90.2 Å². The molecule has 0 aliphatic rings. The van der Waals surface area contributed by atoms with E-state index in [1.807, 2.05) is 68.4 Å². The lowest BCUT2D eigenvalue weighted by Crippen LogP contribution is -2.34. The Labute approximate surface area is 169 Å². The van der Waals surface area contributed by atoms with Gasteiger partial charge in [-0.05, 0) is 42.0 Å². The first kappa shape index (κ1) is 20.4. The van der Waals surface area contributed by atoms with Crippen LogP contribution in [0.15, 0.2) is 78.9 Å². The summed E-state index contributed by atoms with van der Waals surface area (Å²) in [5.74, 6) is 0.151. The highest BCUT2D eigenvalue weighted by molar-refractivity contribution is 5.75. The fourth-order valence-corrected chi connectivity index (χ4v) is 2.69. The summed E-state index contributed by atoms with van der Waals surface area (Å²) >= 11 is 0. The Hall–Kier alpha value is -3.34. The Morgan fingerprint density at radius 2 is 1.59 bits per heavy atom. The van der Waals surface area contributed by atoms with Gasteiger partial charge in [0.15, 0.2) is 17.7 Å². The van der Waals surface area contributed by atoms with Gasteiger partial charge in [0.05, 0.1) is 0 Å². The zero-order valence-corrected chi connectivity index (χ0v) is 16.4. The van der Waals surface area contributed by atoms with Crippen molar-refractivity contribution in [3.8, 4) is 17.2 Å². The van der Waals surface area contributed by atoms with Crippen LogP contribution in [0.4, 0.5) is 4.39 Å². The molecule has 3 aromatic carbocycles. The molecule has 29 heavy (non-hydrogen) atoms. The molecule has 0 aliphatic heterocycles. The van der Waals surface area contributed by atoms with Crippen molar-refractivity contribution in [2.24, 2.45) is 5.92 Å². The van der Waals surface area contributed by atoms with Gasteiger partial charge in [-0.15, -0.1) is 0 Å². The van der Waals surface area contributed by atoms with E-state index in [9.17, 15) is 9.18 Å². The third kappa shape index (κ3) is 5.82. The van der Waals surface area contributed by atoms with Gasteiger partial charge in [0.1, 0.15) is 18.1 Å². The molecule has 0 amide bonds. The standard InChI is InChI=1S/C24H23FO4/c1-17(2)23(29-22-14-7-6-13-21(22)25)24(26)27-16-18-9-8-12-20(15-18)28-19-10-4-3-5-11-19/h3-15,17,23H,16H2,1-2H3. The van der Waals surface area contributed by atoms with Crippen LogP contribution in [0.3, 0.4) is 0 Å². The van der Waals surface area contributed by atoms with Crippen LogP contribution in [-0.2, 0) is 16.1 Å². The average Bonchev–Trinajstić information content (AvgIpc) is 2.72. The molecular formula is C24H23FO4. The van der Waals surface area contributed by atoms with Crippen LogP contribution in [0.2, 0.25) is 0 Å². The molecule has 0 fully saturated rings. The summed E-state index contributed by atoms with van der Waals surface area (Å²) in [6.45, 7) is 3.71. The average molecular weight is 394 g/mol. The van der Waals surface area contributed by atoms with E-state index in [4.69, 9.17) is 14.2 Å². The lowest BCUT2D eigenvalue weighted by Gasteiger charge is -2.21. The summed E-state index contributed by atoms with van der Waals surface area (Å²) in [6, 6.07) is 22.7. The zero-order chi connectivity index (χ0) is 20.6. The predicted octanol–water partition coefficient (Wildman–Crippen LogP) is 5.76. The lowest BCUT2D eigenvalue weighted by molar-refractivity contribution is -0.155. The highest BCUT2D eigenvalue weighted by Crippen LogP contribution is 2.23. The van der Waals surface area contributed by atoms with Crippen molar-refractivity contribution in [3.63, 3.8) is 0 Å². The first-order valence-electron chi connectivity index (χ1n) is 9.42. The summed E-state index contributed by atoms with van der Waals surface area (Å²) in [7, 11) is 0. The largest absolute Gasteiger partial charge is 0.475 e. The van der Waals surface area contributed by atoms with Crippen LogP contribution in [0, 0.1) is 11.7 Å². The molecule has 3 aromatic rings. The van der Waals surface area contributed by atoms with Gasteiger partial charge in [-0.25, -0.2) is 9.18 Å². The van der Waals surface area contributed by atoms with E-state index in [0.717, 1.165) is 11.3 Å². The molecule has 1 atom stereocenters. The van der Waals surface area contributed by atoms with E-state index < -0.39 is 17.9 Å². The van der Waals surface area contributed by atoms with Gasteiger partial charge in [-0.3, -0.25) is 0 Å². The SMILES string of the molecule is CC(C)C(Oc1ccccc1F)C(=O)OCc1cccc(Oc2ccccc2)c1. The van der Waals surface area contributed by atoms with Gasteiger partial charge < -0.3 is 14.2 Å². The topological polar surface area (TPSA) is 44.8 Å². The van der Waals surface area contributed by atoms with Crippen molar-refractivity contribution >= 4 is 5.97 Å². The van der Waals surface area contributed by atoms with E-state index in [-0.39, 0.29) is 18.3 Å². The van der Waals surface area contributed by atoms with E-state index in [2.05, 4.69) is 0 Å². The summed E-state index contributed by atoms with van der Waals surface area (Å²) in [5, 5.41) is 0. The Morgan fingerprint density at radius 3 is 2.31 bits per heavy atom. The molecule has 1 unspecified atom stereocenters. The Bertz CT molecular complexity index is 940. The van der Waals surface area contributed by atoms with Gasteiger partial charge in [0.25, 0.3) is 0 Å². The second kappa shape index (κ2) is 9.73. The molecule has 0 bridgehead atoms. The molecule has 0 aromatic heterocycles. The molecule has 0 heterocycles. The van der Waals surface area contributed by atoms with E-state index in [0.29, 0.717) is 5.75 Å². The first-order chi connectivity index (χ1) is 14.0. The summed E-state index contributed by atoms with van der Waals surface area (Å²) in [6.07, 6.45) is -0.907. The number of carbonyl (C=O) groups excluding carboxylic acids is 1. The van der Waals surface area contributed by atoms with Crippen LogP contribution in [0.1, 0.15) is 19.4 Å². The number of rotatable bonds is 8. The van der Waals surface area contributed by atoms with Crippen molar-refractivity contribution in [2.75, 3.05) is 0 Å². The molecule has 150 valence electrons. The number of ether oxygens (including phenoxy) is 3. The fraction of sp³-hybridized carbons (Fsp3) is 0.208. The Kier molecular flexibility index (Phi) is 6.85. The van der Waals surface area contributed by atoms with Gasteiger partial charge in [0, 0.05) is 5.92 Å². The maximum Gasteiger partial charge on any atom is 0.347 e. The van der Waals surface area contributed by atoms with Crippen molar-refractivity contribution in [1.82, 2.24) is 0 Å². The van der Waals surface area contributed by atoms with Gasteiger partial charge in [0.2, 0.25) is 0 Å². The molecule has 0 radical (unpaired) electrons. The third-order valence-electron chi connectivity index (χ3n) is 4.19. The maximum atomic E-state index is 13.9. The highest BCUT2D eigenvalue weighted by Gasteiger charge is 2.27. The van der Waals surface area contributed by atoms with Crippen LogP contribution < -0.4 is 9.47 Å². The Morgan fingerprint density at radius 1 is 0.897 bits per heavy atom. The molecule has 5 heteroatoms. The number of esters is 1. The monoisotopic (exact) mass is 394 g/mol. The van der Waals surface area contributed by atoms with E-state index in [1.165, 1.54) is 12.1 Å². The summed E-state index contributed by atoms with van der Waals surface area (Å²) < 4.78 is 30.7. The molecule has 0 aliphatic carbocycles. The molecule has 0 spiro atoms. The lowest BCUT2D eigenvalue weighted by atomic mass is 10.1. The molecular weight excluding hydrogens is 371 g/mol. The number of benzene rings is 3. The molecule has 0 N–H and O–H groups in total. The number of hydrogen-bond donors (Lipinski definition) is 0. The van der Waals surface area contributed by atoms with Crippen molar-refractivity contribution < 1.29 is 23.4 Å². The molecule has 4 nitrogen and oxygen atoms in total. The minimum Gasteiger partial charge on any atom is -0.475 e. The normalized spacial score (nSPS) is 11.7. The summed E-state index contributed by atoms with van der Waals surface area (Å²) in [5.41, 5.74) is 0.778. The van der Waals surface area contributed by atoms with Gasteiger partial charge in [-0.1, -0.05) is 56.3 Å². The molecule has 0 saturated carbocycles. The first-order valence-corrected chi connectivity index (χ1v) is 9.42. The second-order valence-corrected chi connectivity index (χ2v) is 6.88. The predicted molar refractivity (Wildman–Crippen MR) is 108 cm³/mol. The maximum absolute atomic E-state index is 13.9. The zero-order valence-electron chi connectivity index (χ0n) is 16.4. The quantitative estimate of drug-likeness (QED) is 0.455. The minimum absolute atomic E-state index is 0.0291. The van der Waals surface area contributed by atoms with E-state index >= 15 is 0 Å². The highest BCUT2D eigenvalue weighted by atomic mass is 19.1. The molecule has 0 saturated heterocycles. The van der Waals surface area contributed by atoms with Crippen LogP contribution in [0.25, 0.3) is 0 Å². The number of para-hydroxylation sites is 2. The second-order valence-electron chi connectivity index (χ2n) is 6.88. The smallest absolute Gasteiger partial charge is 0.347 e. The van der Waals surface area contributed by atoms with Crippen molar-refractivity contribution in [2.45, 2.75) is 26.6 Å².